The molecule has 0 saturated carbocycles. The zero-order valence-corrected chi connectivity index (χ0v) is 13.5. The van der Waals surface area contributed by atoms with E-state index in [0.29, 0.717) is 22.4 Å². The van der Waals surface area contributed by atoms with Gasteiger partial charge in [0, 0.05) is 11.4 Å². The molecule has 0 aromatic heterocycles. The Bertz CT molecular complexity index is 845. The highest BCUT2D eigenvalue weighted by atomic mass is 35.5. The lowest BCUT2D eigenvalue weighted by atomic mass is 9.90. The lowest BCUT2D eigenvalue weighted by Crippen LogP contribution is -2.48. The normalized spacial score (nSPS) is 19.2. The van der Waals surface area contributed by atoms with Crippen molar-refractivity contribution in [2.75, 3.05) is 0 Å². The van der Waals surface area contributed by atoms with E-state index in [1.54, 1.807) is 24.3 Å². The third-order valence-corrected chi connectivity index (χ3v) is 4.05. The minimum atomic E-state index is -1.47. The first-order valence-electron chi connectivity index (χ1n) is 7.21. The molecule has 0 N–H and O–H groups in total. The van der Waals surface area contributed by atoms with Crippen LogP contribution in [0.5, 0.6) is 5.75 Å². The zero-order chi connectivity index (χ0) is 17.3. The van der Waals surface area contributed by atoms with Gasteiger partial charge in [0.2, 0.25) is 5.60 Å². The lowest BCUT2D eigenvalue weighted by molar-refractivity contribution is -0.155. The average molecular weight is 345 g/mol. The van der Waals surface area contributed by atoms with E-state index in [1.807, 2.05) is 0 Å². The smallest absolute Gasteiger partial charge is 0.356 e. The van der Waals surface area contributed by atoms with Crippen molar-refractivity contribution in [1.82, 2.24) is 0 Å². The highest BCUT2D eigenvalue weighted by molar-refractivity contribution is 6.30. The molecule has 0 radical (unpaired) electrons. The Morgan fingerprint density at radius 2 is 2.04 bits per heavy atom. The molecule has 0 aliphatic carbocycles. The summed E-state index contributed by atoms with van der Waals surface area (Å²) in [6.45, 7) is 1.49. The minimum Gasteiger partial charge on any atom is -0.443 e. The van der Waals surface area contributed by atoms with Gasteiger partial charge in [-0.2, -0.15) is 0 Å². The molecule has 0 amide bonds. The van der Waals surface area contributed by atoms with Gasteiger partial charge >= 0.3 is 11.9 Å². The van der Waals surface area contributed by atoms with Crippen LogP contribution in [0.3, 0.4) is 0 Å². The second-order valence-corrected chi connectivity index (χ2v) is 6.08. The second kappa shape index (κ2) is 6.09. The molecule has 5 nitrogen and oxygen atoms in total. The number of carbonyl (C=O) groups excluding carboxylic acids is 3. The number of fused-ring (bicyclic) bond motifs is 1. The van der Waals surface area contributed by atoms with Crippen molar-refractivity contribution in [1.29, 1.82) is 0 Å². The van der Waals surface area contributed by atoms with Gasteiger partial charge in [-0.3, -0.25) is 4.79 Å². The monoisotopic (exact) mass is 344 g/mol. The molecule has 1 heterocycles. The Balaban J connectivity index is 1.88. The SMILES string of the molecule is CC1(C(=O)Oc2ccc(Cl)cc2C=O)Cc2ccccc2C(=O)O1. The lowest BCUT2D eigenvalue weighted by Gasteiger charge is -2.32. The maximum absolute atomic E-state index is 12.5. The Kier molecular flexibility index (Phi) is 4.11. The maximum Gasteiger partial charge on any atom is 0.356 e. The predicted octanol–water partition coefficient (Wildman–Crippen LogP) is 3.23. The molecule has 1 aliphatic rings. The highest BCUT2D eigenvalue weighted by Gasteiger charge is 2.44. The summed E-state index contributed by atoms with van der Waals surface area (Å²) in [4.78, 5) is 35.8. The first-order chi connectivity index (χ1) is 11.4. The van der Waals surface area contributed by atoms with E-state index >= 15 is 0 Å². The van der Waals surface area contributed by atoms with Crippen molar-refractivity contribution >= 4 is 29.8 Å². The fraction of sp³-hybridized carbons (Fsp3) is 0.167. The van der Waals surface area contributed by atoms with Crippen molar-refractivity contribution in [2.45, 2.75) is 18.9 Å². The van der Waals surface area contributed by atoms with Gasteiger partial charge in [0.1, 0.15) is 5.75 Å². The molecule has 1 unspecified atom stereocenters. The van der Waals surface area contributed by atoms with Crippen molar-refractivity contribution in [3.63, 3.8) is 0 Å². The van der Waals surface area contributed by atoms with Gasteiger partial charge in [-0.1, -0.05) is 29.8 Å². The molecule has 2 aromatic rings. The molecular formula is C18H13ClO5. The van der Waals surface area contributed by atoms with Crippen LogP contribution in [0.1, 0.15) is 33.2 Å². The van der Waals surface area contributed by atoms with Gasteiger partial charge in [0.25, 0.3) is 0 Å². The van der Waals surface area contributed by atoms with Crippen LogP contribution in [0.2, 0.25) is 5.02 Å². The van der Waals surface area contributed by atoms with Crippen molar-refractivity contribution < 1.29 is 23.9 Å². The summed E-state index contributed by atoms with van der Waals surface area (Å²) < 4.78 is 10.6. The molecule has 1 aliphatic heterocycles. The summed E-state index contributed by atoms with van der Waals surface area (Å²) in [5.41, 5.74) is -0.185. The van der Waals surface area contributed by atoms with Crippen LogP contribution < -0.4 is 4.74 Å². The van der Waals surface area contributed by atoms with Gasteiger partial charge in [-0.05, 0) is 36.8 Å². The third-order valence-electron chi connectivity index (χ3n) is 3.82. The number of hydrogen-bond donors (Lipinski definition) is 0. The largest absolute Gasteiger partial charge is 0.443 e. The van der Waals surface area contributed by atoms with Gasteiger partial charge < -0.3 is 9.47 Å². The molecule has 0 bridgehead atoms. The molecule has 3 rings (SSSR count). The van der Waals surface area contributed by atoms with Crippen LogP contribution >= 0.6 is 11.6 Å². The van der Waals surface area contributed by atoms with Crippen LogP contribution in [0.15, 0.2) is 42.5 Å². The van der Waals surface area contributed by atoms with Crippen LogP contribution in [0.25, 0.3) is 0 Å². The van der Waals surface area contributed by atoms with Gasteiger partial charge in [-0.15, -0.1) is 0 Å². The topological polar surface area (TPSA) is 69.7 Å². The van der Waals surface area contributed by atoms with E-state index in [1.165, 1.54) is 25.1 Å². The molecule has 6 heteroatoms. The summed E-state index contributed by atoms with van der Waals surface area (Å²) in [7, 11) is 0. The molecule has 24 heavy (non-hydrogen) atoms. The van der Waals surface area contributed by atoms with Gasteiger partial charge in [0.05, 0.1) is 11.1 Å². The quantitative estimate of drug-likeness (QED) is 0.485. The molecule has 122 valence electrons. The summed E-state index contributed by atoms with van der Waals surface area (Å²) >= 11 is 5.81. The first-order valence-corrected chi connectivity index (χ1v) is 7.59. The Morgan fingerprint density at radius 1 is 1.29 bits per heavy atom. The van der Waals surface area contributed by atoms with E-state index in [2.05, 4.69) is 0 Å². The third kappa shape index (κ3) is 2.90. The van der Waals surface area contributed by atoms with Crippen LogP contribution in [0, 0.1) is 0 Å². The summed E-state index contributed by atoms with van der Waals surface area (Å²) in [6, 6.07) is 11.2. The number of aldehydes is 1. The van der Waals surface area contributed by atoms with Gasteiger partial charge in [0.15, 0.2) is 6.29 Å². The Morgan fingerprint density at radius 3 is 2.79 bits per heavy atom. The first kappa shape index (κ1) is 16.2. The molecule has 1 atom stereocenters. The maximum atomic E-state index is 12.5. The number of esters is 2. The number of cyclic esters (lactones) is 1. The van der Waals surface area contributed by atoms with E-state index in [-0.39, 0.29) is 17.7 Å². The summed E-state index contributed by atoms with van der Waals surface area (Å²) in [6.07, 6.45) is 0.733. The number of benzene rings is 2. The van der Waals surface area contributed by atoms with Crippen LogP contribution in [0.4, 0.5) is 0 Å². The molecule has 0 saturated heterocycles. The van der Waals surface area contributed by atoms with E-state index < -0.39 is 17.5 Å². The van der Waals surface area contributed by atoms with Crippen molar-refractivity contribution in [3.8, 4) is 5.75 Å². The summed E-state index contributed by atoms with van der Waals surface area (Å²) in [5, 5.41) is 0.348. The van der Waals surface area contributed by atoms with Crippen molar-refractivity contribution in [2.24, 2.45) is 0 Å². The molecule has 0 spiro atoms. The molecular weight excluding hydrogens is 332 g/mol. The fourth-order valence-electron chi connectivity index (χ4n) is 2.56. The number of ether oxygens (including phenoxy) is 2. The number of carbonyl (C=O) groups is 3. The van der Waals surface area contributed by atoms with Gasteiger partial charge in [-0.25, -0.2) is 9.59 Å². The molecule has 0 fully saturated rings. The number of rotatable bonds is 3. The Hall–Kier alpha value is -2.66. The number of halogens is 1. The van der Waals surface area contributed by atoms with E-state index in [0.717, 1.165) is 0 Å². The van der Waals surface area contributed by atoms with Crippen molar-refractivity contribution in [3.05, 3.63) is 64.2 Å². The molecule has 2 aromatic carbocycles. The number of hydrogen-bond acceptors (Lipinski definition) is 5. The highest BCUT2D eigenvalue weighted by Crippen LogP contribution is 2.30. The van der Waals surface area contributed by atoms with E-state index in [4.69, 9.17) is 21.1 Å². The van der Waals surface area contributed by atoms with Crippen LogP contribution in [-0.4, -0.2) is 23.8 Å². The second-order valence-electron chi connectivity index (χ2n) is 5.64. The minimum absolute atomic E-state index is 0.0653. The summed E-state index contributed by atoms with van der Waals surface area (Å²) in [5.74, 6) is -1.27. The van der Waals surface area contributed by atoms with E-state index in [9.17, 15) is 14.4 Å². The fourth-order valence-corrected chi connectivity index (χ4v) is 2.74. The Labute approximate surface area is 143 Å². The van der Waals surface area contributed by atoms with Crippen LogP contribution in [-0.2, 0) is 16.0 Å². The predicted molar refractivity (Wildman–Crippen MR) is 86.4 cm³/mol. The zero-order valence-electron chi connectivity index (χ0n) is 12.7. The average Bonchev–Trinajstić information content (AvgIpc) is 2.56. The standard InChI is InChI=1S/C18H13ClO5/c1-18(9-11-4-2-3-5-14(11)16(21)24-18)17(22)23-15-7-6-13(19)8-12(15)10-20/h2-8,10H,9H2,1H3.